The van der Waals surface area contributed by atoms with Gasteiger partial charge in [0.05, 0.1) is 0 Å². The normalized spacial score (nSPS) is 22.2. The van der Waals surface area contributed by atoms with Crippen molar-refractivity contribution in [3.05, 3.63) is 34.9 Å². The Balaban J connectivity index is 2.12. The summed E-state index contributed by atoms with van der Waals surface area (Å²) in [4.78, 5) is 1.49. The van der Waals surface area contributed by atoms with Gasteiger partial charge < -0.3 is 5.32 Å². The maximum Gasteiger partial charge on any atom is 0.405 e. The SMILES string of the molecule is FC(F)(F)C1CNCCCN1Cc1ccc(Cl)cc1. The molecule has 1 heterocycles. The van der Waals surface area contributed by atoms with Crippen LogP contribution in [0, 0.1) is 0 Å². The monoisotopic (exact) mass is 292 g/mol. The summed E-state index contributed by atoms with van der Waals surface area (Å²) < 4.78 is 39.1. The van der Waals surface area contributed by atoms with Crippen LogP contribution in [0.5, 0.6) is 0 Å². The van der Waals surface area contributed by atoms with Crippen LogP contribution in [0.25, 0.3) is 0 Å². The van der Waals surface area contributed by atoms with Crippen LogP contribution in [0.2, 0.25) is 5.02 Å². The molecule has 1 N–H and O–H groups in total. The van der Waals surface area contributed by atoms with Gasteiger partial charge in [0, 0.05) is 24.7 Å². The molecule has 0 radical (unpaired) electrons. The summed E-state index contributed by atoms with van der Waals surface area (Å²) in [5.41, 5.74) is 0.848. The van der Waals surface area contributed by atoms with Crippen LogP contribution in [-0.4, -0.2) is 36.8 Å². The van der Waals surface area contributed by atoms with Crippen molar-refractivity contribution in [2.75, 3.05) is 19.6 Å². The van der Waals surface area contributed by atoms with E-state index in [1.54, 1.807) is 24.3 Å². The van der Waals surface area contributed by atoms with Crippen LogP contribution in [0.1, 0.15) is 12.0 Å². The third-order valence-corrected chi connectivity index (χ3v) is 3.51. The van der Waals surface area contributed by atoms with Crippen LogP contribution in [0.15, 0.2) is 24.3 Å². The van der Waals surface area contributed by atoms with Crippen LogP contribution in [-0.2, 0) is 6.54 Å². The summed E-state index contributed by atoms with van der Waals surface area (Å²) in [5.74, 6) is 0. The summed E-state index contributed by atoms with van der Waals surface area (Å²) in [6.07, 6.45) is -3.48. The Morgan fingerprint density at radius 2 is 1.95 bits per heavy atom. The predicted octanol–water partition coefficient (Wildman–Crippen LogP) is 3.07. The van der Waals surface area contributed by atoms with Gasteiger partial charge in [-0.2, -0.15) is 13.2 Å². The zero-order valence-corrected chi connectivity index (χ0v) is 11.1. The van der Waals surface area contributed by atoms with Gasteiger partial charge in [-0.1, -0.05) is 23.7 Å². The summed E-state index contributed by atoms with van der Waals surface area (Å²) in [5, 5.41) is 3.44. The minimum atomic E-state index is -4.20. The minimum Gasteiger partial charge on any atom is -0.315 e. The molecule has 1 aromatic carbocycles. The molecule has 19 heavy (non-hydrogen) atoms. The van der Waals surface area contributed by atoms with E-state index < -0.39 is 12.2 Å². The number of nitrogens with zero attached hydrogens (tertiary/aromatic N) is 1. The van der Waals surface area contributed by atoms with Crippen LogP contribution in [0.3, 0.4) is 0 Å². The van der Waals surface area contributed by atoms with E-state index in [0.717, 1.165) is 12.0 Å². The average Bonchev–Trinajstić information content (AvgIpc) is 2.57. The maximum absolute atomic E-state index is 13.0. The molecule has 1 atom stereocenters. The molecule has 1 fully saturated rings. The van der Waals surface area contributed by atoms with Gasteiger partial charge in [0.2, 0.25) is 0 Å². The third-order valence-electron chi connectivity index (χ3n) is 3.25. The molecule has 0 saturated carbocycles. The molecule has 2 nitrogen and oxygen atoms in total. The Labute approximate surface area is 115 Å². The summed E-state index contributed by atoms with van der Waals surface area (Å²) in [6, 6.07) is 5.53. The highest BCUT2D eigenvalue weighted by Crippen LogP contribution is 2.27. The number of alkyl halides is 3. The van der Waals surface area contributed by atoms with Crippen molar-refractivity contribution in [3.8, 4) is 0 Å². The van der Waals surface area contributed by atoms with E-state index in [2.05, 4.69) is 5.32 Å². The van der Waals surface area contributed by atoms with E-state index in [1.165, 1.54) is 4.90 Å². The molecule has 1 aliphatic rings. The highest BCUT2D eigenvalue weighted by molar-refractivity contribution is 6.30. The third kappa shape index (κ3) is 4.09. The maximum atomic E-state index is 13.0. The highest BCUT2D eigenvalue weighted by atomic mass is 35.5. The van der Waals surface area contributed by atoms with Crippen molar-refractivity contribution in [3.63, 3.8) is 0 Å². The second kappa shape index (κ2) is 6.11. The largest absolute Gasteiger partial charge is 0.405 e. The van der Waals surface area contributed by atoms with Crippen LogP contribution in [0.4, 0.5) is 13.2 Å². The summed E-state index contributed by atoms with van der Waals surface area (Å²) >= 11 is 5.78. The lowest BCUT2D eigenvalue weighted by atomic mass is 10.1. The van der Waals surface area contributed by atoms with Crippen LogP contribution < -0.4 is 5.32 Å². The molecule has 0 spiro atoms. The minimum absolute atomic E-state index is 0.0446. The van der Waals surface area contributed by atoms with Crippen molar-refractivity contribution in [1.29, 1.82) is 0 Å². The highest BCUT2D eigenvalue weighted by Gasteiger charge is 2.43. The average molecular weight is 293 g/mol. The number of rotatable bonds is 2. The van der Waals surface area contributed by atoms with E-state index in [0.29, 0.717) is 24.7 Å². The molecular weight excluding hydrogens is 277 g/mol. The second-order valence-electron chi connectivity index (χ2n) is 4.71. The lowest BCUT2D eigenvalue weighted by Crippen LogP contribution is -2.49. The Bertz CT molecular complexity index is 405. The number of halogens is 4. The molecule has 1 unspecified atom stereocenters. The molecule has 106 valence electrons. The first kappa shape index (κ1) is 14.6. The van der Waals surface area contributed by atoms with E-state index in [-0.39, 0.29) is 6.54 Å². The molecular formula is C13H16ClF3N2. The van der Waals surface area contributed by atoms with Gasteiger partial charge in [0.1, 0.15) is 6.04 Å². The van der Waals surface area contributed by atoms with Crippen molar-refractivity contribution < 1.29 is 13.2 Å². The van der Waals surface area contributed by atoms with Crippen molar-refractivity contribution in [2.24, 2.45) is 0 Å². The van der Waals surface area contributed by atoms with Crippen molar-refractivity contribution in [1.82, 2.24) is 10.2 Å². The molecule has 0 amide bonds. The fourth-order valence-electron chi connectivity index (χ4n) is 2.27. The number of benzene rings is 1. The topological polar surface area (TPSA) is 15.3 Å². The zero-order valence-electron chi connectivity index (χ0n) is 10.4. The molecule has 0 bridgehead atoms. The molecule has 0 aromatic heterocycles. The molecule has 1 saturated heterocycles. The van der Waals surface area contributed by atoms with Crippen molar-refractivity contribution in [2.45, 2.75) is 25.2 Å². The number of hydrogen-bond acceptors (Lipinski definition) is 2. The molecule has 2 rings (SSSR count). The molecule has 0 aliphatic carbocycles. The van der Waals surface area contributed by atoms with Gasteiger partial charge in [-0.3, -0.25) is 4.90 Å². The fourth-order valence-corrected chi connectivity index (χ4v) is 2.39. The van der Waals surface area contributed by atoms with E-state index >= 15 is 0 Å². The molecule has 1 aliphatic heterocycles. The summed E-state index contributed by atoms with van der Waals surface area (Å²) in [7, 11) is 0. The number of hydrogen-bond donors (Lipinski definition) is 1. The van der Waals surface area contributed by atoms with Gasteiger partial charge in [-0.15, -0.1) is 0 Å². The molecule has 6 heteroatoms. The Morgan fingerprint density at radius 3 is 2.58 bits per heavy atom. The van der Waals surface area contributed by atoms with E-state index in [9.17, 15) is 13.2 Å². The lowest BCUT2D eigenvalue weighted by molar-refractivity contribution is -0.182. The second-order valence-corrected chi connectivity index (χ2v) is 5.15. The first-order valence-corrected chi connectivity index (χ1v) is 6.60. The van der Waals surface area contributed by atoms with Gasteiger partial charge in [-0.05, 0) is 30.7 Å². The Morgan fingerprint density at radius 1 is 1.26 bits per heavy atom. The van der Waals surface area contributed by atoms with Gasteiger partial charge in [0.15, 0.2) is 0 Å². The summed E-state index contributed by atoms with van der Waals surface area (Å²) in [6.45, 7) is 1.32. The van der Waals surface area contributed by atoms with Gasteiger partial charge in [0.25, 0.3) is 0 Å². The smallest absolute Gasteiger partial charge is 0.315 e. The van der Waals surface area contributed by atoms with Crippen LogP contribution >= 0.6 is 11.6 Å². The zero-order chi connectivity index (χ0) is 13.9. The Hall–Kier alpha value is -0.780. The first-order chi connectivity index (χ1) is 8.97. The Kier molecular flexibility index (Phi) is 4.71. The van der Waals surface area contributed by atoms with E-state index in [4.69, 9.17) is 11.6 Å². The predicted molar refractivity (Wildman–Crippen MR) is 69.2 cm³/mol. The standard InChI is InChI=1S/C13H16ClF3N2/c14-11-4-2-10(3-5-11)9-19-7-1-6-18-8-12(19)13(15,16)17/h2-5,12,18H,1,6-9H2. The first-order valence-electron chi connectivity index (χ1n) is 6.23. The van der Waals surface area contributed by atoms with Crippen molar-refractivity contribution >= 4 is 11.6 Å². The lowest BCUT2D eigenvalue weighted by Gasteiger charge is -2.31. The van der Waals surface area contributed by atoms with Gasteiger partial charge >= 0.3 is 6.18 Å². The quantitative estimate of drug-likeness (QED) is 0.901. The molecule has 1 aromatic rings. The number of nitrogens with one attached hydrogen (secondary N) is 1. The van der Waals surface area contributed by atoms with Gasteiger partial charge in [-0.25, -0.2) is 0 Å². The van der Waals surface area contributed by atoms with E-state index in [1.807, 2.05) is 0 Å². The fraction of sp³-hybridized carbons (Fsp3) is 0.538.